The first-order valence-corrected chi connectivity index (χ1v) is 6.32. The van der Waals surface area contributed by atoms with Gasteiger partial charge in [-0.2, -0.15) is 0 Å². The van der Waals surface area contributed by atoms with E-state index in [4.69, 9.17) is 0 Å². The summed E-state index contributed by atoms with van der Waals surface area (Å²) >= 11 is 0. The quantitative estimate of drug-likeness (QED) is 0.773. The molecule has 6 heteroatoms. The van der Waals surface area contributed by atoms with Crippen molar-refractivity contribution in [2.75, 3.05) is 39.8 Å². The topological polar surface area (TPSA) is 44.4 Å². The number of hydrogen-bond donors (Lipinski definition) is 2. The third-order valence-corrected chi connectivity index (χ3v) is 3.34. The Morgan fingerprint density at radius 1 is 1.44 bits per heavy atom. The summed E-state index contributed by atoms with van der Waals surface area (Å²) in [5, 5.41) is 6.07. The van der Waals surface area contributed by atoms with Crippen LogP contribution in [-0.2, 0) is 4.79 Å². The fourth-order valence-corrected chi connectivity index (χ4v) is 2.18. The molecular formula is C12H27Cl2N3O. The highest BCUT2D eigenvalue weighted by Gasteiger charge is 2.22. The summed E-state index contributed by atoms with van der Waals surface area (Å²) in [7, 11) is 1.87. The fraction of sp³-hybridized carbons (Fsp3) is 0.917. The number of likely N-dealkylation sites (tertiary alicyclic amines) is 1. The van der Waals surface area contributed by atoms with E-state index in [0.29, 0.717) is 5.92 Å². The number of rotatable bonds is 6. The molecule has 1 aliphatic heterocycles. The normalized spacial score (nSPS) is 20.7. The molecule has 1 rings (SSSR count). The van der Waals surface area contributed by atoms with Gasteiger partial charge in [0.2, 0.25) is 5.91 Å². The number of carbonyl (C=O) groups excluding carboxylic acids is 1. The second-order valence-electron chi connectivity index (χ2n) is 4.75. The molecule has 0 aliphatic carbocycles. The molecule has 18 heavy (non-hydrogen) atoms. The largest absolute Gasteiger partial charge is 0.356 e. The smallest absolute Gasteiger partial charge is 0.224 e. The molecule has 1 aliphatic rings. The Bertz CT molecular complexity index is 229. The number of halogens is 2. The van der Waals surface area contributed by atoms with Crippen molar-refractivity contribution in [1.82, 2.24) is 15.5 Å². The molecule has 0 aromatic rings. The van der Waals surface area contributed by atoms with Gasteiger partial charge >= 0.3 is 0 Å². The molecule has 0 radical (unpaired) electrons. The van der Waals surface area contributed by atoms with Crippen molar-refractivity contribution >= 4 is 30.7 Å². The van der Waals surface area contributed by atoms with E-state index < -0.39 is 0 Å². The lowest BCUT2D eigenvalue weighted by Gasteiger charge is -2.16. The van der Waals surface area contributed by atoms with E-state index >= 15 is 0 Å². The highest BCUT2D eigenvalue weighted by atomic mass is 35.5. The number of hydrogen-bond acceptors (Lipinski definition) is 3. The van der Waals surface area contributed by atoms with E-state index in [1.807, 2.05) is 14.0 Å². The van der Waals surface area contributed by atoms with Crippen molar-refractivity contribution in [3.63, 3.8) is 0 Å². The Kier molecular flexibility index (Phi) is 12.2. The van der Waals surface area contributed by atoms with Crippen LogP contribution >= 0.6 is 24.8 Å². The van der Waals surface area contributed by atoms with Gasteiger partial charge in [0.25, 0.3) is 0 Å². The second kappa shape index (κ2) is 10.9. The molecule has 1 saturated heterocycles. The van der Waals surface area contributed by atoms with Crippen molar-refractivity contribution < 1.29 is 4.79 Å². The monoisotopic (exact) mass is 299 g/mol. The van der Waals surface area contributed by atoms with Crippen LogP contribution < -0.4 is 10.6 Å². The lowest BCUT2D eigenvalue weighted by atomic mass is 10.1. The highest BCUT2D eigenvalue weighted by Crippen LogP contribution is 2.14. The Morgan fingerprint density at radius 2 is 2.11 bits per heavy atom. The molecule has 4 nitrogen and oxygen atoms in total. The Morgan fingerprint density at radius 3 is 2.61 bits per heavy atom. The zero-order valence-electron chi connectivity index (χ0n) is 11.6. The molecule has 0 saturated carbocycles. The molecule has 2 N–H and O–H groups in total. The molecule has 1 heterocycles. The van der Waals surface area contributed by atoms with Gasteiger partial charge in [-0.15, -0.1) is 24.8 Å². The summed E-state index contributed by atoms with van der Waals surface area (Å²) in [5.74, 6) is 0.878. The van der Waals surface area contributed by atoms with Gasteiger partial charge in [-0.05, 0) is 32.5 Å². The van der Waals surface area contributed by atoms with Crippen LogP contribution in [0.3, 0.4) is 0 Å². The van der Waals surface area contributed by atoms with Crippen molar-refractivity contribution in [2.45, 2.75) is 20.3 Å². The van der Waals surface area contributed by atoms with Crippen LogP contribution in [0.1, 0.15) is 20.3 Å². The molecule has 0 bridgehead atoms. The molecule has 110 valence electrons. The molecule has 0 aromatic carbocycles. The maximum Gasteiger partial charge on any atom is 0.224 e. The summed E-state index contributed by atoms with van der Waals surface area (Å²) < 4.78 is 0. The summed E-state index contributed by atoms with van der Waals surface area (Å²) in [5.41, 5.74) is 0. The SMILES string of the molecule is CCN1CCC(CNC(=O)C(C)CNC)C1.Cl.Cl. The van der Waals surface area contributed by atoms with Crippen molar-refractivity contribution in [1.29, 1.82) is 0 Å². The summed E-state index contributed by atoms with van der Waals surface area (Å²) in [6, 6.07) is 0. The van der Waals surface area contributed by atoms with Crippen LogP contribution in [0.25, 0.3) is 0 Å². The second-order valence-corrected chi connectivity index (χ2v) is 4.75. The van der Waals surface area contributed by atoms with Crippen LogP contribution in [-0.4, -0.2) is 50.6 Å². The summed E-state index contributed by atoms with van der Waals surface area (Å²) in [6.45, 7) is 9.18. The van der Waals surface area contributed by atoms with Crippen LogP contribution in [0.4, 0.5) is 0 Å². The van der Waals surface area contributed by atoms with E-state index in [1.165, 1.54) is 13.0 Å². The molecule has 1 fully saturated rings. The minimum atomic E-state index is 0. The minimum Gasteiger partial charge on any atom is -0.356 e. The lowest BCUT2D eigenvalue weighted by molar-refractivity contribution is -0.124. The van der Waals surface area contributed by atoms with Crippen molar-refractivity contribution in [3.8, 4) is 0 Å². The molecule has 2 atom stereocenters. The number of nitrogens with one attached hydrogen (secondary N) is 2. The molecule has 0 aromatic heterocycles. The van der Waals surface area contributed by atoms with Gasteiger partial charge in [0.1, 0.15) is 0 Å². The Hall–Kier alpha value is -0.0300. The van der Waals surface area contributed by atoms with E-state index in [9.17, 15) is 4.79 Å². The van der Waals surface area contributed by atoms with Gasteiger partial charge < -0.3 is 15.5 Å². The first-order chi connectivity index (χ1) is 7.67. The first-order valence-electron chi connectivity index (χ1n) is 6.32. The predicted octanol–water partition coefficient (Wildman–Crippen LogP) is 1.14. The predicted molar refractivity (Wildman–Crippen MR) is 80.8 cm³/mol. The fourth-order valence-electron chi connectivity index (χ4n) is 2.18. The molecular weight excluding hydrogens is 273 g/mol. The Labute approximate surface area is 123 Å². The lowest BCUT2D eigenvalue weighted by Crippen LogP contribution is -2.37. The number of carbonyl (C=O) groups is 1. The van der Waals surface area contributed by atoms with Gasteiger partial charge in [-0.25, -0.2) is 0 Å². The molecule has 2 unspecified atom stereocenters. The summed E-state index contributed by atoms with van der Waals surface area (Å²) in [6.07, 6.45) is 1.22. The van der Waals surface area contributed by atoms with E-state index in [0.717, 1.165) is 26.2 Å². The van der Waals surface area contributed by atoms with Gasteiger partial charge in [-0.3, -0.25) is 4.79 Å². The van der Waals surface area contributed by atoms with Crippen LogP contribution in [0.15, 0.2) is 0 Å². The maximum atomic E-state index is 11.7. The van der Waals surface area contributed by atoms with Crippen LogP contribution in [0.5, 0.6) is 0 Å². The van der Waals surface area contributed by atoms with Crippen LogP contribution in [0, 0.1) is 11.8 Å². The minimum absolute atomic E-state index is 0. The summed E-state index contributed by atoms with van der Waals surface area (Å²) in [4.78, 5) is 14.1. The third kappa shape index (κ3) is 6.78. The van der Waals surface area contributed by atoms with Gasteiger partial charge in [0.05, 0.1) is 0 Å². The van der Waals surface area contributed by atoms with E-state index in [1.54, 1.807) is 0 Å². The molecule has 1 amide bonds. The molecule has 0 spiro atoms. The van der Waals surface area contributed by atoms with E-state index in [2.05, 4.69) is 22.5 Å². The standard InChI is InChI=1S/C12H25N3O.2ClH/c1-4-15-6-5-11(9-15)8-14-12(16)10(2)7-13-3;;/h10-11,13H,4-9H2,1-3H3,(H,14,16);2*1H. The Balaban J connectivity index is 0. The zero-order valence-corrected chi connectivity index (χ0v) is 13.2. The van der Waals surface area contributed by atoms with Crippen molar-refractivity contribution in [3.05, 3.63) is 0 Å². The number of amides is 1. The van der Waals surface area contributed by atoms with Gasteiger partial charge in [-0.1, -0.05) is 13.8 Å². The van der Waals surface area contributed by atoms with E-state index in [-0.39, 0.29) is 36.6 Å². The van der Waals surface area contributed by atoms with Crippen LogP contribution in [0.2, 0.25) is 0 Å². The average molecular weight is 300 g/mol. The average Bonchev–Trinajstić information content (AvgIpc) is 2.74. The van der Waals surface area contributed by atoms with Gasteiger partial charge in [0, 0.05) is 25.6 Å². The van der Waals surface area contributed by atoms with Crippen molar-refractivity contribution in [2.24, 2.45) is 11.8 Å². The maximum absolute atomic E-state index is 11.7. The number of nitrogens with zero attached hydrogens (tertiary/aromatic N) is 1. The first kappa shape index (κ1) is 20.3. The van der Waals surface area contributed by atoms with Gasteiger partial charge in [0.15, 0.2) is 0 Å². The highest BCUT2D eigenvalue weighted by molar-refractivity contribution is 5.85. The zero-order chi connectivity index (χ0) is 12.0. The third-order valence-electron chi connectivity index (χ3n) is 3.34.